The maximum atomic E-state index is 12.5. The van der Waals surface area contributed by atoms with Gasteiger partial charge in [0.2, 0.25) is 0 Å². The summed E-state index contributed by atoms with van der Waals surface area (Å²) in [6.45, 7) is 0.199. The zero-order valence-corrected chi connectivity index (χ0v) is 19.6. The fourth-order valence-corrected chi connectivity index (χ4v) is 7.04. The Hall–Kier alpha value is -2.32. The van der Waals surface area contributed by atoms with E-state index in [1.807, 2.05) is 48.5 Å². The first-order chi connectivity index (χ1) is 15.4. The molecular weight excluding hydrogens is 453 g/mol. The van der Waals surface area contributed by atoms with Crippen LogP contribution in [0.5, 0.6) is 0 Å². The number of nitrogens with one attached hydrogen (secondary N) is 1. The molecule has 0 bridgehead atoms. The van der Waals surface area contributed by atoms with E-state index >= 15 is 0 Å². The highest BCUT2D eigenvalue weighted by molar-refractivity contribution is 8.55. The van der Waals surface area contributed by atoms with Crippen LogP contribution in [0.15, 0.2) is 48.5 Å². The zero-order chi connectivity index (χ0) is 23.1. The third-order valence-electron chi connectivity index (χ3n) is 4.91. The Morgan fingerprint density at radius 2 is 1.56 bits per heavy atom. The molecule has 32 heavy (non-hydrogen) atoms. The molecule has 0 unspecified atom stereocenters. The van der Waals surface area contributed by atoms with Crippen LogP contribution >= 0.6 is 18.2 Å². The van der Waals surface area contributed by atoms with Crippen LogP contribution in [0.3, 0.4) is 0 Å². The second-order valence-electron chi connectivity index (χ2n) is 6.94. The molecule has 0 aliphatic heterocycles. The van der Waals surface area contributed by atoms with Gasteiger partial charge in [-0.25, -0.2) is 14.2 Å². The van der Waals surface area contributed by atoms with Crippen molar-refractivity contribution in [1.82, 2.24) is 5.32 Å². The number of carboxylic acids is 1. The van der Waals surface area contributed by atoms with Gasteiger partial charge in [-0.3, -0.25) is 0 Å². The molecule has 2 aromatic rings. The Balaban J connectivity index is 1.62. The highest BCUT2D eigenvalue weighted by Gasteiger charge is 2.32. The van der Waals surface area contributed by atoms with Gasteiger partial charge in [-0.15, -0.1) is 0 Å². The SMILES string of the molecule is CCOP(=O)(OCC)SC[C@H](NC(=O)OCC1c2ccccc2-c2ccccc21)C(=O)O. The van der Waals surface area contributed by atoms with Crippen molar-refractivity contribution in [3.63, 3.8) is 0 Å². The lowest BCUT2D eigenvalue weighted by Gasteiger charge is -2.20. The second-order valence-corrected chi connectivity index (χ2v) is 11.1. The molecule has 1 aliphatic carbocycles. The summed E-state index contributed by atoms with van der Waals surface area (Å²) in [7, 11) is 0. The van der Waals surface area contributed by atoms with Gasteiger partial charge in [0.25, 0.3) is 0 Å². The molecule has 0 fully saturated rings. The van der Waals surface area contributed by atoms with E-state index in [2.05, 4.69) is 5.32 Å². The summed E-state index contributed by atoms with van der Waals surface area (Å²) in [4.78, 5) is 24.0. The van der Waals surface area contributed by atoms with Crippen molar-refractivity contribution < 1.29 is 33.0 Å². The number of amides is 1. The van der Waals surface area contributed by atoms with Gasteiger partial charge in [-0.2, -0.15) is 0 Å². The van der Waals surface area contributed by atoms with Crippen molar-refractivity contribution in [3.05, 3.63) is 59.7 Å². The lowest BCUT2D eigenvalue weighted by molar-refractivity contribution is -0.138. The average molecular weight is 479 g/mol. The first-order valence-corrected chi connectivity index (χ1v) is 13.4. The minimum absolute atomic E-state index is 0.0652. The predicted molar refractivity (Wildman–Crippen MR) is 123 cm³/mol. The molecule has 0 aromatic heterocycles. The minimum Gasteiger partial charge on any atom is -0.480 e. The predicted octanol–water partition coefficient (Wildman–Crippen LogP) is 4.89. The summed E-state index contributed by atoms with van der Waals surface area (Å²) >= 11 is 0.736. The van der Waals surface area contributed by atoms with E-state index in [9.17, 15) is 19.3 Å². The second kappa shape index (κ2) is 11.0. The van der Waals surface area contributed by atoms with Crippen molar-refractivity contribution >= 4 is 30.2 Å². The standard InChI is InChI=1S/C22H26NO7PS/c1-3-29-31(27,30-4-2)32-14-20(21(24)25)23-22(26)28-13-19-17-11-7-5-9-15(17)16-10-6-8-12-18(16)19/h5-12,19-20H,3-4,13-14H2,1-2H3,(H,23,26)(H,24,25)/t20-/m0/s1. The number of fused-ring (bicyclic) bond motifs is 3. The summed E-state index contributed by atoms with van der Waals surface area (Å²) in [6.07, 6.45) is -0.859. The molecule has 0 radical (unpaired) electrons. The molecule has 1 aliphatic rings. The average Bonchev–Trinajstić information content (AvgIpc) is 3.09. The maximum Gasteiger partial charge on any atom is 0.407 e. The number of aliphatic carboxylic acids is 1. The highest BCUT2D eigenvalue weighted by atomic mass is 32.7. The summed E-state index contributed by atoms with van der Waals surface area (Å²) in [5.74, 6) is -1.61. The van der Waals surface area contributed by atoms with Gasteiger partial charge < -0.3 is 24.2 Å². The molecule has 1 amide bonds. The van der Waals surface area contributed by atoms with Crippen LogP contribution in [-0.4, -0.2) is 48.8 Å². The Labute approximate surface area is 190 Å². The lowest BCUT2D eigenvalue weighted by atomic mass is 9.98. The topological polar surface area (TPSA) is 111 Å². The summed E-state index contributed by atoms with van der Waals surface area (Å²) in [6, 6.07) is 14.5. The van der Waals surface area contributed by atoms with Gasteiger partial charge in [-0.1, -0.05) is 48.5 Å². The summed E-state index contributed by atoms with van der Waals surface area (Å²) in [5, 5.41) is 11.8. The van der Waals surface area contributed by atoms with Crippen LogP contribution < -0.4 is 5.32 Å². The molecule has 8 nitrogen and oxygen atoms in total. The number of carboxylic acid groups (broad SMARTS) is 1. The van der Waals surface area contributed by atoms with Crippen LogP contribution in [0.2, 0.25) is 0 Å². The number of hydrogen-bond donors (Lipinski definition) is 2. The van der Waals surface area contributed by atoms with Gasteiger partial charge in [0.1, 0.15) is 12.6 Å². The van der Waals surface area contributed by atoms with Crippen molar-refractivity contribution in [2.75, 3.05) is 25.6 Å². The molecule has 2 aromatic carbocycles. The first-order valence-electron chi connectivity index (χ1n) is 10.3. The van der Waals surface area contributed by atoms with Crippen molar-refractivity contribution in [2.45, 2.75) is 25.8 Å². The van der Waals surface area contributed by atoms with Crippen molar-refractivity contribution in [3.8, 4) is 11.1 Å². The van der Waals surface area contributed by atoms with Gasteiger partial charge in [0, 0.05) is 11.7 Å². The number of carbonyl (C=O) groups excluding carboxylic acids is 1. The lowest BCUT2D eigenvalue weighted by Crippen LogP contribution is -2.43. The van der Waals surface area contributed by atoms with Gasteiger partial charge in [-0.05, 0) is 47.5 Å². The van der Waals surface area contributed by atoms with Crippen LogP contribution in [0.4, 0.5) is 4.79 Å². The van der Waals surface area contributed by atoms with Crippen molar-refractivity contribution in [1.29, 1.82) is 0 Å². The van der Waals surface area contributed by atoms with Crippen LogP contribution in [0.1, 0.15) is 30.9 Å². The molecule has 2 N–H and O–H groups in total. The van der Waals surface area contributed by atoms with E-state index in [0.717, 1.165) is 33.6 Å². The zero-order valence-electron chi connectivity index (χ0n) is 17.9. The molecule has 10 heteroatoms. The Bertz CT molecular complexity index is 960. The van der Waals surface area contributed by atoms with E-state index < -0.39 is 24.9 Å². The van der Waals surface area contributed by atoms with E-state index in [-0.39, 0.29) is 31.5 Å². The van der Waals surface area contributed by atoms with Gasteiger partial charge >= 0.3 is 18.9 Å². The molecular formula is C22H26NO7PS. The van der Waals surface area contributed by atoms with E-state index in [4.69, 9.17) is 13.8 Å². The molecule has 3 rings (SSSR count). The van der Waals surface area contributed by atoms with E-state index in [0.29, 0.717) is 0 Å². The third kappa shape index (κ3) is 5.72. The smallest absolute Gasteiger partial charge is 0.407 e. The van der Waals surface area contributed by atoms with E-state index in [1.54, 1.807) is 13.8 Å². The Morgan fingerprint density at radius 3 is 2.06 bits per heavy atom. The largest absolute Gasteiger partial charge is 0.480 e. The fourth-order valence-electron chi connectivity index (χ4n) is 3.55. The number of carbonyl (C=O) groups is 2. The molecule has 0 saturated heterocycles. The molecule has 0 spiro atoms. The minimum atomic E-state index is -3.50. The Morgan fingerprint density at radius 1 is 1.03 bits per heavy atom. The number of rotatable bonds is 11. The number of benzene rings is 2. The molecule has 172 valence electrons. The van der Waals surface area contributed by atoms with Crippen molar-refractivity contribution in [2.24, 2.45) is 0 Å². The quantitative estimate of drug-likeness (QED) is 0.438. The highest BCUT2D eigenvalue weighted by Crippen LogP contribution is 2.60. The number of ether oxygens (including phenoxy) is 1. The monoisotopic (exact) mass is 479 g/mol. The van der Waals surface area contributed by atoms with Gasteiger partial charge in [0.15, 0.2) is 0 Å². The Kier molecular flexibility index (Phi) is 8.37. The maximum absolute atomic E-state index is 12.5. The van der Waals surface area contributed by atoms with Crippen LogP contribution in [-0.2, 0) is 23.1 Å². The molecule has 1 atom stereocenters. The van der Waals surface area contributed by atoms with Gasteiger partial charge in [0.05, 0.1) is 13.2 Å². The summed E-state index contributed by atoms with van der Waals surface area (Å²) in [5.41, 5.74) is 4.31. The number of alkyl carbamates (subject to hydrolysis) is 1. The number of hydrogen-bond acceptors (Lipinski definition) is 7. The normalized spacial score (nSPS) is 13.8. The van der Waals surface area contributed by atoms with Crippen LogP contribution in [0.25, 0.3) is 11.1 Å². The molecule has 0 saturated carbocycles. The first kappa shape index (κ1) is 24.3. The van der Waals surface area contributed by atoms with E-state index in [1.165, 1.54) is 0 Å². The molecule has 0 heterocycles. The third-order valence-corrected chi connectivity index (χ3v) is 8.88. The fraction of sp³-hybridized carbons (Fsp3) is 0.364. The summed E-state index contributed by atoms with van der Waals surface area (Å²) < 4.78 is 28.2. The van der Waals surface area contributed by atoms with Crippen LogP contribution in [0, 0.1) is 0 Å².